The second-order valence-electron chi connectivity index (χ2n) is 4.47. The largest absolute Gasteiger partial charge is 0.295 e. The summed E-state index contributed by atoms with van der Waals surface area (Å²) < 4.78 is 0. The van der Waals surface area contributed by atoms with E-state index < -0.39 is 0 Å². The summed E-state index contributed by atoms with van der Waals surface area (Å²) in [6, 6.07) is 0. The first kappa shape index (κ1) is 17.9. The van der Waals surface area contributed by atoms with Crippen LogP contribution < -0.4 is 0 Å². The maximum Gasteiger partial charge on any atom is 0.158 e. The van der Waals surface area contributed by atoms with E-state index in [1.807, 2.05) is 13.8 Å². The summed E-state index contributed by atoms with van der Waals surface area (Å²) in [4.78, 5) is 11.4. The van der Waals surface area contributed by atoms with Crippen molar-refractivity contribution in [2.45, 2.75) is 53.4 Å². The highest BCUT2D eigenvalue weighted by Crippen LogP contribution is 2.34. The third kappa shape index (κ3) is 5.53. The minimum atomic E-state index is 0. The molecule has 0 aromatic heterocycles. The molecule has 91 valence electrons. The minimum absolute atomic E-state index is 0. The van der Waals surface area contributed by atoms with Crippen molar-refractivity contribution in [3.05, 3.63) is 12.7 Å². The lowest BCUT2D eigenvalue weighted by molar-refractivity contribution is -0.119. The Bertz CT molecular complexity index is 199. The fraction of sp³-hybridized carbons (Fsp3) is 0.786. The van der Waals surface area contributed by atoms with E-state index in [1.54, 1.807) is 0 Å². The molecular weight excluding hydrogens is 195 g/mol. The summed E-state index contributed by atoms with van der Waals surface area (Å²) in [5.41, 5.74) is 0. The fourth-order valence-corrected chi connectivity index (χ4v) is 2.26. The Morgan fingerprint density at radius 3 is 2.31 bits per heavy atom. The normalized spacial score (nSPS) is 23.8. The predicted octanol–water partition coefficient (Wildman–Crippen LogP) is 3.85. The van der Waals surface area contributed by atoms with E-state index in [4.69, 9.17) is 0 Å². The van der Waals surface area contributed by atoms with Gasteiger partial charge in [-0.05, 0) is 30.8 Å². The molecule has 2 heteroatoms. The molecule has 0 aromatic carbocycles. The van der Waals surface area contributed by atoms with Crippen LogP contribution in [0, 0.1) is 17.8 Å². The molecule has 2 atom stereocenters. The quantitative estimate of drug-likeness (QED) is 0.522. The van der Waals surface area contributed by atoms with E-state index in [9.17, 15) is 4.79 Å². The summed E-state index contributed by atoms with van der Waals surface area (Å²) >= 11 is 0. The van der Waals surface area contributed by atoms with E-state index in [0.717, 1.165) is 24.7 Å². The molecule has 1 nitrogen and oxygen atoms in total. The Balaban J connectivity index is 0. The van der Waals surface area contributed by atoms with Crippen molar-refractivity contribution in [2.75, 3.05) is 0 Å². The molecule has 0 saturated heterocycles. The van der Waals surface area contributed by atoms with Crippen molar-refractivity contribution in [1.82, 2.24) is 0 Å². The molecule has 1 fully saturated rings. The molecule has 2 unspecified atom stereocenters. The van der Waals surface area contributed by atoms with Crippen LogP contribution in [0.3, 0.4) is 0 Å². The highest BCUT2D eigenvalue weighted by Gasteiger charge is 2.26. The number of hydrogen-bond donors (Lipinski definition) is 0. The number of hydrogen-bond acceptors (Lipinski definition) is 1. The van der Waals surface area contributed by atoms with Crippen LogP contribution in [0.15, 0.2) is 12.7 Å². The van der Waals surface area contributed by atoms with Crippen LogP contribution in [0.1, 0.15) is 53.4 Å². The predicted molar refractivity (Wildman–Crippen MR) is 72.6 cm³/mol. The van der Waals surface area contributed by atoms with Crippen molar-refractivity contribution < 1.29 is 4.79 Å². The van der Waals surface area contributed by atoms with E-state index >= 15 is 0 Å². The molecule has 0 spiro atoms. The van der Waals surface area contributed by atoms with Crippen LogP contribution >= 0.6 is 0 Å². The molecular formula is C14H26BO. The lowest BCUT2D eigenvalue weighted by Crippen LogP contribution is -2.24. The zero-order valence-corrected chi connectivity index (χ0v) is 11.3. The first-order chi connectivity index (χ1) is 7.15. The van der Waals surface area contributed by atoms with Gasteiger partial charge in [-0.2, -0.15) is 0 Å². The first-order valence-corrected chi connectivity index (χ1v) is 6.31. The van der Waals surface area contributed by atoms with Gasteiger partial charge < -0.3 is 0 Å². The SMILES string of the molecule is C=CC(=O)C1CCCC(C(C)C)C1.CC.[B]. The lowest BCUT2D eigenvalue weighted by atomic mass is 9.75. The van der Waals surface area contributed by atoms with Crippen LogP contribution in [-0.2, 0) is 4.79 Å². The van der Waals surface area contributed by atoms with E-state index in [2.05, 4.69) is 20.4 Å². The summed E-state index contributed by atoms with van der Waals surface area (Å²) in [7, 11) is 0. The zero-order valence-electron chi connectivity index (χ0n) is 11.3. The number of carbonyl (C=O) groups is 1. The molecule has 0 N–H and O–H groups in total. The molecule has 1 rings (SSSR count). The highest BCUT2D eigenvalue weighted by atomic mass is 16.1. The zero-order chi connectivity index (χ0) is 11.8. The van der Waals surface area contributed by atoms with Crippen LogP contribution in [0.5, 0.6) is 0 Å². The monoisotopic (exact) mass is 221 g/mol. The topological polar surface area (TPSA) is 17.1 Å². The molecule has 0 amide bonds. The van der Waals surface area contributed by atoms with Crippen molar-refractivity contribution >= 4 is 14.2 Å². The summed E-state index contributed by atoms with van der Waals surface area (Å²) in [6.07, 6.45) is 6.18. The molecule has 0 bridgehead atoms. The van der Waals surface area contributed by atoms with Gasteiger partial charge in [-0.1, -0.05) is 47.1 Å². The smallest absolute Gasteiger partial charge is 0.158 e. The van der Waals surface area contributed by atoms with Crippen LogP contribution in [0.4, 0.5) is 0 Å². The van der Waals surface area contributed by atoms with Gasteiger partial charge in [-0.3, -0.25) is 4.79 Å². The van der Waals surface area contributed by atoms with Crippen molar-refractivity contribution in [1.29, 1.82) is 0 Å². The lowest BCUT2D eigenvalue weighted by Gasteiger charge is -2.30. The van der Waals surface area contributed by atoms with Gasteiger partial charge in [0.1, 0.15) is 0 Å². The van der Waals surface area contributed by atoms with Crippen LogP contribution in [-0.4, -0.2) is 14.2 Å². The average Bonchev–Trinajstić information content (AvgIpc) is 2.30. The van der Waals surface area contributed by atoms with Crippen molar-refractivity contribution in [3.8, 4) is 0 Å². The second-order valence-corrected chi connectivity index (χ2v) is 4.47. The second kappa shape index (κ2) is 9.68. The molecule has 1 aliphatic rings. The van der Waals surface area contributed by atoms with Crippen molar-refractivity contribution in [2.24, 2.45) is 17.8 Å². The van der Waals surface area contributed by atoms with Gasteiger partial charge in [0.05, 0.1) is 0 Å². The van der Waals surface area contributed by atoms with Crippen LogP contribution in [0.25, 0.3) is 0 Å². The highest BCUT2D eigenvalue weighted by molar-refractivity contribution is 5.91. The molecule has 0 aliphatic heterocycles. The Morgan fingerprint density at radius 2 is 1.88 bits per heavy atom. The van der Waals surface area contributed by atoms with Gasteiger partial charge in [0.25, 0.3) is 0 Å². The molecule has 0 aromatic rings. The third-order valence-electron chi connectivity index (χ3n) is 3.26. The van der Waals surface area contributed by atoms with Gasteiger partial charge in [-0.15, -0.1) is 0 Å². The molecule has 3 radical (unpaired) electrons. The molecule has 16 heavy (non-hydrogen) atoms. The van der Waals surface area contributed by atoms with Gasteiger partial charge in [0, 0.05) is 14.3 Å². The number of allylic oxidation sites excluding steroid dienone is 1. The number of carbonyl (C=O) groups excluding carboxylic acids is 1. The Kier molecular flexibility index (Phi) is 10.8. The van der Waals surface area contributed by atoms with E-state index in [-0.39, 0.29) is 20.1 Å². The van der Waals surface area contributed by atoms with Gasteiger partial charge >= 0.3 is 0 Å². The van der Waals surface area contributed by atoms with Crippen molar-refractivity contribution in [3.63, 3.8) is 0 Å². The van der Waals surface area contributed by atoms with Crippen LogP contribution in [0.2, 0.25) is 0 Å². The molecule has 0 heterocycles. The third-order valence-corrected chi connectivity index (χ3v) is 3.26. The van der Waals surface area contributed by atoms with Gasteiger partial charge in [-0.25, -0.2) is 0 Å². The average molecular weight is 221 g/mol. The Labute approximate surface area is 103 Å². The van der Waals surface area contributed by atoms with E-state index in [0.29, 0.717) is 0 Å². The minimum Gasteiger partial charge on any atom is -0.295 e. The van der Waals surface area contributed by atoms with E-state index in [1.165, 1.54) is 18.9 Å². The standard InChI is InChI=1S/C12H20O.C2H6.B/c1-4-12(13)11-7-5-6-10(8-11)9(2)3;1-2;/h4,9-11H,1,5-8H2,2-3H3;1-2H3;. The summed E-state index contributed by atoms with van der Waals surface area (Å²) in [5, 5.41) is 0. The Hall–Kier alpha value is -0.525. The van der Waals surface area contributed by atoms with Gasteiger partial charge in [0.15, 0.2) is 5.78 Å². The number of rotatable bonds is 3. The maximum atomic E-state index is 11.4. The first-order valence-electron chi connectivity index (χ1n) is 6.31. The number of ketones is 1. The summed E-state index contributed by atoms with van der Waals surface area (Å²) in [6.45, 7) is 12.1. The Morgan fingerprint density at radius 1 is 1.31 bits per heavy atom. The molecule has 1 aliphatic carbocycles. The summed E-state index contributed by atoms with van der Waals surface area (Å²) in [5.74, 6) is 2.01. The fourth-order valence-electron chi connectivity index (χ4n) is 2.26. The van der Waals surface area contributed by atoms with Gasteiger partial charge in [0.2, 0.25) is 0 Å². The molecule has 1 saturated carbocycles. The maximum absolute atomic E-state index is 11.4.